The van der Waals surface area contributed by atoms with Gasteiger partial charge >= 0.3 is 6.18 Å². The maximum absolute atomic E-state index is 13.6. The molecule has 0 radical (unpaired) electrons. The average Bonchev–Trinajstić information content (AvgIpc) is 3.23. The molecule has 40 heavy (non-hydrogen) atoms. The lowest BCUT2D eigenvalue weighted by Crippen LogP contribution is -2.34. The second-order valence-corrected chi connectivity index (χ2v) is 11.0. The van der Waals surface area contributed by atoms with E-state index in [4.69, 9.17) is 0 Å². The first-order chi connectivity index (χ1) is 18.9. The number of fused-ring (bicyclic) bond motifs is 1. The standard InChI is InChI=1S/C28H27F5N6O/c1-14-36-26(39(2)38-14)25-24-20(7-8-34-25)37-22(10-23(24)40)19-13-35-21(16-11-27(29,30)12-16)9-18(19)15-3-5-17(6-4-15)28(31,32)33/h7-10,13,15-17H,3-6,11-12H2,1-2H3,(H,37,40). The molecule has 0 aromatic carbocycles. The van der Waals surface area contributed by atoms with Crippen LogP contribution >= 0.6 is 0 Å². The molecule has 0 amide bonds. The molecule has 210 valence electrons. The monoisotopic (exact) mass is 558 g/mol. The Morgan fingerprint density at radius 1 is 1.05 bits per heavy atom. The maximum Gasteiger partial charge on any atom is 0.391 e. The molecule has 1 N–H and O–H groups in total. The highest BCUT2D eigenvalue weighted by molar-refractivity contribution is 5.91. The summed E-state index contributed by atoms with van der Waals surface area (Å²) in [7, 11) is 1.71. The number of hydrogen-bond acceptors (Lipinski definition) is 5. The maximum atomic E-state index is 13.6. The fourth-order valence-corrected chi connectivity index (χ4v) is 6.11. The van der Waals surface area contributed by atoms with Gasteiger partial charge in [-0.25, -0.2) is 18.4 Å². The first-order valence-corrected chi connectivity index (χ1v) is 13.2. The molecule has 2 saturated carbocycles. The number of hydrogen-bond donors (Lipinski definition) is 1. The molecule has 7 nitrogen and oxygen atoms in total. The van der Waals surface area contributed by atoms with Gasteiger partial charge in [0.25, 0.3) is 0 Å². The van der Waals surface area contributed by atoms with Crippen molar-refractivity contribution in [2.24, 2.45) is 13.0 Å². The van der Waals surface area contributed by atoms with Crippen LogP contribution in [0.5, 0.6) is 0 Å². The van der Waals surface area contributed by atoms with Crippen LogP contribution in [0.1, 0.15) is 67.4 Å². The number of pyridine rings is 3. The highest BCUT2D eigenvalue weighted by Crippen LogP contribution is 2.50. The smallest absolute Gasteiger partial charge is 0.354 e. The van der Waals surface area contributed by atoms with E-state index in [9.17, 15) is 26.7 Å². The topological polar surface area (TPSA) is 89.4 Å². The van der Waals surface area contributed by atoms with Gasteiger partial charge in [0.1, 0.15) is 11.5 Å². The molecule has 0 unspecified atom stereocenters. The van der Waals surface area contributed by atoms with Crippen LogP contribution in [0.3, 0.4) is 0 Å². The summed E-state index contributed by atoms with van der Waals surface area (Å²) in [4.78, 5) is 30.0. The van der Waals surface area contributed by atoms with Gasteiger partial charge in [0.15, 0.2) is 11.3 Å². The van der Waals surface area contributed by atoms with Gasteiger partial charge in [-0.05, 0) is 56.2 Å². The van der Waals surface area contributed by atoms with Crippen molar-refractivity contribution in [3.05, 3.63) is 57.9 Å². The fourth-order valence-electron chi connectivity index (χ4n) is 6.11. The zero-order valence-electron chi connectivity index (χ0n) is 21.9. The van der Waals surface area contributed by atoms with E-state index < -0.39 is 23.9 Å². The molecule has 6 rings (SSSR count). The molecule has 2 fully saturated rings. The Balaban J connectivity index is 1.43. The molecule has 0 atom stereocenters. The summed E-state index contributed by atoms with van der Waals surface area (Å²) in [5, 5.41) is 4.57. The van der Waals surface area contributed by atoms with Crippen LogP contribution in [0.15, 0.2) is 35.4 Å². The summed E-state index contributed by atoms with van der Waals surface area (Å²) >= 11 is 0. The molecular formula is C28H27F5N6O. The fraction of sp³-hybridized carbons (Fsp3) is 0.464. The van der Waals surface area contributed by atoms with Crippen LogP contribution in [-0.4, -0.2) is 41.8 Å². The van der Waals surface area contributed by atoms with Gasteiger partial charge in [0, 0.05) is 55.5 Å². The Hall–Kier alpha value is -3.70. The predicted molar refractivity (Wildman–Crippen MR) is 138 cm³/mol. The number of aromatic nitrogens is 6. The van der Waals surface area contributed by atoms with Gasteiger partial charge in [0.05, 0.1) is 22.5 Å². The molecule has 2 aliphatic carbocycles. The Labute approximate surface area is 225 Å². The molecule has 0 bridgehead atoms. The minimum Gasteiger partial charge on any atom is -0.354 e. The lowest BCUT2D eigenvalue weighted by Gasteiger charge is -2.35. The Morgan fingerprint density at radius 2 is 1.77 bits per heavy atom. The molecule has 0 aliphatic heterocycles. The average molecular weight is 559 g/mol. The van der Waals surface area contributed by atoms with Crippen LogP contribution in [0.25, 0.3) is 33.7 Å². The highest BCUT2D eigenvalue weighted by atomic mass is 19.4. The molecular weight excluding hydrogens is 531 g/mol. The van der Waals surface area contributed by atoms with Gasteiger partial charge < -0.3 is 4.98 Å². The van der Waals surface area contributed by atoms with Crippen molar-refractivity contribution in [1.29, 1.82) is 0 Å². The lowest BCUT2D eigenvalue weighted by molar-refractivity contribution is -0.182. The van der Waals surface area contributed by atoms with Crippen LogP contribution in [0.2, 0.25) is 0 Å². The minimum atomic E-state index is -4.24. The van der Waals surface area contributed by atoms with E-state index in [-0.39, 0.29) is 37.0 Å². The van der Waals surface area contributed by atoms with Gasteiger partial charge in [0.2, 0.25) is 5.92 Å². The van der Waals surface area contributed by atoms with E-state index in [2.05, 4.69) is 25.0 Å². The normalized spacial score (nSPS) is 21.5. The second-order valence-electron chi connectivity index (χ2n) is 11.0. The van der Waals surface area contributed by atoms with Crippen molar-refractivity contribution < 1.29 is 22.0 Å². The highest BCUT2D eigenvalue weighted by Gasteiger charge is 2.47. The molecule has 12 heteroatoms. The Morgan fingerprint density at radius 3 is 2.40 bits per heavy atom. The zero-order valence-corrected chi connectivity index (χ0v) is 21.9. The van der Waals surface area contributed by atoms with Crippen molar-refractivity contribution in [2.75, 3.05) is 0 Å². The summed E-state index contributed by atoms with van der Waals surface area (Å²) in [5.74, 6) is -3.74. The third-order valence-electron chi connectivity index (χ3n) is 8.21. The van der Waals surface area contributed by atoms with Crippen molar-refractivity contribution in [3.8, 4) is 22.8 Å². The second kappa shape index (κ2) is 9.45. The van der Waals surface area contributed by atoms with E-state index in [1.54, 1.807) is 43.2 Å². The van der Waals surface area contributed by atoms with Crippen LogP contribution in [0.4, 0.5) is 22.0 Å². The number of halogens is 5. The van der Waals surface area contributed by atoms with Crippen LogP contribution in [0, 0.1) is 12.8 Å². The first-order valence-electron chi connectivity index (χ1n) is 13.2. The largest absolute Gasteiger partial charge is 0.391 e. The summed E-state index contributed by atoms with van der Waals surface area (Å²) in [6.07, 6.45) is -1.14. The van der Waals surface area contributed by atoms with E-state index >= 15 is 0 Å². The SMILES string of the molecule is Cc1nc(-c2nccc3[nH]c(-c4cnc(C5CC(F)(F)C5)cc4C4CCC(C(F)(F)F)CC4)cc(=O)c23)n(C)n1. The lowest BCUT2D eigenvalue weighted by atomic mass is 9.75. The molecule has 0 saturated heterocycles. The van der Waals surface area contributed by atoms with Crippen molar-refractivity contribution in [1.82, 2.24) is 29.7 Å². The van der Waals surface area contributed by atoms with Gasteiger partial charge in [-0.1, -0.05) is 0 Å². The van der Waals surface area contributed by atoms with E-state index in [0.29, 0.717) is 58.0 Å². The zero-order chi connectivity index (χ0) is 28.4. The number of nitrogens with zero attached hydrogens (tertiary/aromatic N) is 5. The number of alkyl halides is 5. The number of rotatable bonds is 4. The quantitative estimate of drug-likeness (QED) is 0.291. The summed E-state index contributed by atoms with van der Waals surface area (Å²) in [6, 6.07) is 4.85. The van der Waals surface area contributed by atoms with Crippen LogP contribution in [-0.2, 0) is 7.05 Å². The Kier molecular flexibility index (Phi) is 6.26. The van der Waals surface area contributed by atoms with Crippen molar-refractivity contribution in [2.45, 2.75) is 69.4 Å². The Bertz CT molecular complexity index is 1640. The summed E-state index contributed by atoms with van der Waals surface area (Å²) in [5.41, 5.74) is 2.83. The molecule has 0 spiro atoms. The number of nitrogens with one attached hydrogen (secondary N) is 1. The number of aryl methyl sites for hydroxylation is 2. The summed E-state index contributed by atoms with van der Waals surface area (Å²) < 4.78 is 68.8. The van der Waals surface area contributed by atoms with Gasteiger partial charge in [-0.3, -0.25) is 14.8 Å². The molecule has 4 aromatic rings. The van der Waals surface area contributed by atoms with Gasteiger partial charge in [-0.2, -0.15) is 18.3 Å². The van der Waals surface area contributed by atoms with Gasteiger partial charge in [-0.15, -0.1) is 0 Å². The van der Waals surface area contributed by atoms with Crippen LogP contribution < -0.4 is 5.43 Å². The minimum absolute atomic E-state index is 0.00680. The van der Waals surface area contributed by atoms with E-state index in [1.807, 2.05) is 0 Å². The van der Waals surface area contributed by atoms with Crippen molar-refractivity contribution >= 4 is 10.9 Å². The third-order valence-corrected chi connectivity index (χ3v) is 8.21. The molecule has 2 aliphatic rings. The number of aromatic amines is 1. The van der Waals surface area contributed by atoms with Crippen molar-refractivity contribution in [3.63, 3.8) is 0 Å². The van der Waals surface area contributed by atoms with E-state index in [0.717, 1.165) is 5.56 Å². The molecule has 4 aromatic heterocycles. The van der Waals surface area contributed by atoms with E-state index in [1.165, 1.54) is 6.07 Å². The molecule has 4 heterocycles. The third kappa shape index (κ3) is 4.77. The number of H-pyrrole nitrogens is 1. The summed E-state index contributed by atoms with van der Waals surface area (Å²) in [6.45, 7) is 1.74. The predicted octanol–water partition coefficient (Wildman–Crippen LogP) is 6.44. The first kappa shape index (κ1) is 26.5.